The fraction of sp³-hybridized carbons (Fsp3) is 0.600. The van der Waals surface area contributed by atoms with E-state index < -0.39 is 5.69 Å². The highest BCUT2D eigenvalue weighted by molar-refractivity contribution is 5.90. The Morgan fingerprint density at radius 3 is 2.54 bits per heavy atom. The SMILES string of the molecule is CCn1nc(C)c(CN(CCOC)C(=O)c2nn(C)c(=O)[nH]2)c1C. The second-order valence-electron chi connectivity index (χ2n) is 5.59. The van der Waals surface area contributed by atoms with Crippen LogP contribution in [-0.2, 0) is 24.9 Å². The van der Waals surface area contributed by atoms with Gasteiger partial charge in [-0.25, -0.2) is 9.48 Å². The molecule has 2 aromatic rings. The lowest BCUT2D eigenvalue weighted by Crippen LogP contribution is -2.34. The summed E-state index contributed by atoms with van der Waals surface area (Å²) in [6.45, 7) is 7.88. The molecule has 2 heterocycles. The van der Waals surface area contributed by atoms with Crippen molar-refractivity contribution in [1.82, 2.24) is 29.4 Å². The van der Waals surface area contributed by atoms with Crippen LogP contribution in [0, 0.1) is 13.8 Å². The Labute approximate surface area is 140 Å². The standard InChI is InChI=1S/C15H24N6O3/c1-6-21-11(3)12(10(2)17-21)9-20(7-8-24-5)14(22)13-16-15(23)19(4)18-13/h6-9H2,1-5H3,(H,16,18,23). The Balaban J connectivity index is 2.30. The number of rotatable bonds is 7. The first kappa shape index (κ1) is 17.9. The zero-order valence-electron chi connectivity index (χ0n) is 14.8. The molecule has 1 N–H and O–H groups in total. The van der Waals surface area contributed by atoms with Crippen molar-refractivity contribution < 1.29 is 9.53 Å². The summed E-state index contributed by atoms with van der Waals surface area (Å²) in [6, 6.07) is 0. The minimum absolute atomic E-state index is 0.0248. The molecule has 0 saturated carbocycles. The number of carbonyl (C=O) groups excluding carboxylic acids is 1. The van der Waals surface area contributed by atoms with Crippen molar-refractivity contribution in [3.63, 3.8) is 0 Å². The van der Waals surface area contributed by atoms with E-state index in [1.807, 2.05) is 25.5 Å². The number of H-pyrrole nitrogens is 1. The number of hydrogen-bond donors (Lipinski definition) is 1. The van der Waals surface area contributed by atoms with Crippen LogP contribution < -0.4 is 5.69 Å². The van der Waals surface area contributed by atoms with Crippen molar-refractivity contribution in [2.45, 2.75) is 33.9 Å². The van der Waals surface area contributed by atoms with Gasteiger partial charge in [-0.3, -0.25) is 14.5 Å². The summed E-state index contributed by atoms with van der Waals surface area (Å²) in [5.74, 6) is -0.315. The highest BCUT2D eigenvalue weighted by Gasteiger charge is 2.23. The average molecular weight is 336 g/mol. The molecule has 0 fully saturated rings. The minimum atomic E-state index is -0.420. The quantitative estimate of drug-likeness (QED) is 0.780. The third-order valence-corrected chi connectivity index (χ3v) is 4.00. The summed E-state index contributed by atoms with van der Waals surface area (Å²) in [4.78, 5) is 28.3. The van der Waals surface area contributed by atoms with Crippen molar-refractivity contribution in [3.8, 4) is 0 Å². The molecule has 24 heavy (non-hydrogen) atoms. The molecule has 0 bridgehead atoms. The van der Waals surface area contributed by atoms with E-state index in [-0.39, 0.29) is 11.7 Å². The Hall–Kier alpha value is -2.42. The van der Waals surface area contributed by atoms with E-state index in [1.54, 1.807) is 12.0 Å². The molecular formula is C15H24N6O3. The number of ether oxygens (including phenoxy) is 1. The van der Waals surface area contributed by atoms with Crippen LogP contribution in [0.15, 0.2) is 4.79 Å². The van der Waals surface area contributed by atoms with Gasteiger partial charge in [-0.2, -0.15) is 5.10 Å². The van der Waals surface area contributed by atoms with Crippen molar-refractivity contribution in [2.75, 3.05) is 20.3 Å². The van der Waals surface area contributed by atoms with Gasteiger partial charge >= 0.3 is 5.69 Å². The maximum absolute atomic E-state index is 12.7. The number of aryl methyl sites for hydroxylation is 3. The van der Waals surface area contributed by atoms with E-state index >= 15 is 0 Å². The van der Waals surface area contributed by atoms with Crippen molar-refractivity contribution in [2.24, 2.45) is 7.05 Å². The molecule has 0 aliphatic carbocycles. The highest BCUT2D eigenvalue weighted by Crippen LogP contribution is 2.16. The maximum atomic E-state index is 12.7. The molecule has 0 unspecified atom stereocenters. The van der Waals surface area contributed by atoms with Crippen molar-refractivity contribution in [1.29, 1.82) is 0 Å². The Morgan fingerprint density at radius 2 is 2.04 bits per heavy atom. The van der Waals surface area contributed by atoms with Gasteiger partial charge in [0.05, 0.1) is 12.3 Å². The van der Waals surface area contributed by atoms with Crippen LogP contribution in [0.25, 0.3) is 0 Å². The largest absolute Gasteiger partial charge is 0.383 e. The van der Waals surface area contributed by atoms with Gasteiger partial charge < -0.3 is 9.64 Å². The molecule has 0 spiro atoms. The van der Waals surface area contributed by atoms with Gasteiger partial charge in [0.15, 0.2) is 0 Å². The second kappa shape index (κ2) is 7.43. The lowest BCUT2D eigenvalue weighted by molar-refractivity contribution is 0.0667. The lowest BCUT2D eigenvalue weighted by atomic mass is 10.2. The molecule has 9 nitrogen and oxygen atoms in total. The first-order valence-electron chi connectivity index (χ1n) is 7.83. The fourth-order valence-electron chi connectivity index (χ4n) is 2.56. The number of nitrogens with one attached hydrogen (secondary N) is 1. The Morgan fingerprint density at radius 1 is 1.33 bits per heavy atom. The van der Waals surface area contributed by atoms with Gasteiger partial charge in [-0.05, 0) is 20.8 Å². The number of aromatic nitrogens is 5. The molecule has 2 aromatic heterocycles. The molecule has 0 radical (unpaired) electrons. The summed E-state index contributed by atoms with van der Waals surface area (Å²) in [5, 5.41) is 8.42. The van der Waals surface area contributed by atoms with E-state index in [4.69, 9.17) is 4.74 Å². The van der Waals surface area contributed by atoms with Crippen molar-refractivity contribution >= 4 is 5.91 Å². The van der Waals surface area contributed by atoms with Gasteiger partial charge in [0.25, 0.3) is 5.91 Å². The van der Waals surface area contributed by atoms with Gasteiger partial charge in [0, 0.05) is 45.0 Å². The minimum Gasteiger partial charge on any atom is -0.383 e. The van der Waals surface area contributed by atoms with Gasteiger partial charge in [-0.15, -0.1) is 5.10 Å². The van der Waals surface area contributed by atoms with E-state index in [2.05, 4.69) is 15.2 Å². The predicted octanol–water partition coefficient (Wildman–Crippen LogP) is 0.230. The second-order valence-corrected chi connectivity index (χ2v) is 5.59. The van der Waals surface area contributed by atoms with E-state index in [0.717, 1.165) is 28.2 Å². The molecule has 0 aliphatic heterocycles. The van der Waals surface area contributed by atoms with Crippen LogP contribution >= 0.6 is 0 Å². The first-order chi connectivity index (χ1) is 11.4. The van der Waals surface area contributed by atoms with Gasteiger partial charge in [0.2, 0.25) is 5.82 Å². The zero-order chi connectivity index (χ0) is 17.9. The average Bonchev–Trinajstić information content (AvgIpc) is 3.03. The summed E-state index contributed by atoms with van der Waals surface area (Å²) >= 11 is 0. The highest BCUT2D eigenvalue weighted by atomic mass is 16.5. The van der Waals surface area contributed by atoms with Crippen LogP contribution in [0.3, 0.4) is 0 Å². The fourth-order valence-corrected chi connectivity index (χ4v) is 2.56. The smallest absolute Gasteiger partial charge is 0.343 e. The monoisotopic (exact) mass is 336 g/mol. The van der Waals surface area contributed by atoms with E-state index in [9.17, 15) is 9.59 Å². The molecule has 1 amide bonds. The zero-order valence-corrected chi connectivity index (χ0v) is 14.8. The van der Waals surface area contributed by atoms with E-state index in [0.29, 0.717) is 19.7 Å². The number of amides is 1. The molecule has 0 aromatic carbocycles. The van der Waals surface area contributed by atoms with Crippen LogP contribution in [0.1, 0.15) is 34.5 Å². The number of aromatic amines is 1. The molecule has 0 atom stereocenters. The molecule has 132 valence electrons. The molecule has 0 aliphatic rings. The number of carbonyl (C=O) groups is 1. The van der Waals surface area contributed by atoms with Crippen LogP contribution in [-0.4, -0.2) is 55.6 Å². The lowest BCUT2D eigenvalue weighted by Gasteiger charge is -2.21. The van der Waals surface area contributed by atoms with Crippen LogP contribution in [0.4, 0.5) is 0 Å². The number of hydrogen-bond acceptors (Lipinski definition) is 5. The van der Waals surface area contributed by atoms with Gasteiger partial charge in [0.1, 0.15) is 0 Å². The summed E-state index contributed by atoms with van der Waals surface area (Å²) in [5.41, 5.74) is 2.49. The first-order valence-corrected chi connectivity index (χ1v) is 7.83. The van der Waals surface area contributed by atoms with Crippen molar-refractivity contribution in [3.05, 3.63) is 33.3 Å². The van der Waals surface area contributed by atoms with Crippen LogP contribution in [0.2, 0.25) is 0 Å². The summed E-state index contributed by atoms with van der Waals surface area (Å²) in [6.07, 6.45) is 0. The summed E-state index contributed by atoms with van der Waals surface area (Å²) < 4.78 is 8.11. The number of methoxy groups -OCH3 is 1. The van der Waals surface area contributed by atoms with Gasteiger partial charge in [-0.1, -0.05) is 0 Å². The Bertz CT molecular complexity index is 773. The Kier molecular flexibility index (Phi) is 5.55. The molecule has 0 saturated heterocycles. The third-order valence-electron chi connectivity index (χ3n) is 4.00. The number of nitrogens with zero attached hydrogens (tertiary/aromatic N) is 5. The molecular weight excluding hydrogens is 312 g/mol. The maximum Gasteiger partial charge on any atom is 0.343 e. The van der Waals surface area contributed by atoms with E-state index in [1.165, 1.54) is 7.05 Å². The third kappa shape index (κ3) is 3.56. The molecule has 2 rings (SSSR count). The summed E-state index contributed by atoms with van der Waals surface area (Å²) in [7, 11) is 3.07. The molecule has 9 heteroatoms. The predicted molar refractivity (Wildman–Crippen MR) is 87.8 cm³/mol. The topological polar surface area (TPSA) is 98.0 Å². The normalized spacial score (nSPS) is 11.0. The van der Waals surface area contributed by atoms with Crippen LogP contribution in [0.5, 0.6) is 0 Å².